The molecule has 0 spiro atoms. The molecule has 0 aromatic heterocycles. The van der Waals surface area contributed by atoms with Gasteiger partial charge >= 0.3 is 0 Å². The van der Waals surface area contributed by atoms with Gasteiger partial charge in [-0.3, -0.25) is 10.1 Å². The van der Waals surface area contributed by atoms with E-state index in [1.54, 1.807) is 6.07 Å². The highest BCUT2D eigenvalue weighted by molar-refractivity contribution is 6.17. The quantitative estimate of drug-likeness (QED) is 0.479. The Bertz CT molecular complexity index is 521. The van der Waals surface area contributed by atoms with Gasteiger partial charge in [-0.15, -0.1) is 11.6 Å². The van der Waals surface area contributed by atoms with Crippen molar-refractivity contribution < 1.29 is 4.92 Å². The number of alkyl halides is 1. The Morgan fingerprint density at radius 1 is 1.30 bits per heavy atom. The number of hydrogen-bond acceptors (Lipinski definition) is 3. The van der Waals surface area contributed by atoms with Crippen molar-refractivity contribution in [2.75, 3.05) is 11.4 Å². The molecular weight excluding hydrogens is 276 g/mol. The van der Waals surface area contributed by atoms with E-state index >= 15 is 0 Å². The maximum Gasteiger partial charge on any atom is 0.273 e. The summed E-state index contributed by atoms with van der Waals surface area (Å²) in [6.45, 7) is 1.06. The zero-order valence-electron chi connectivity index (χ0n) is 11.4. The molecule has 2 unspecified atom stereocenters. The predicted octanol–water partition coefficient (Wildman–Crippen LogP) is 4.10. The summed E-state index contributed by atoms with van der Waals surface area (Å²) >= 11 is 5.88. The number of benzene rings is 1. The first kappa shape index (κ1) is 13.7. The summed E-state index contributed by atoms with van der Waals surface area (Å²) in [5.74, 6) is 0.991. The average Bonchev–Trinajstić information content (AvgIpc) is 2.94. The Kier molecular flexibility index (Phi) is 3.83. The molecule has 0 radical (unpaired) electrons. The molecule has 1 aromatic rings. The largest absolute Gasteiger partial charge is 0.368 e. The monoisotopic (exact) mass is 294 g/mol. The Morgan fingerprint density at radius 3 is 2.85 bits per heavy atom. The first-order valence-electron chi connectivity index (χ1n) is 7.30. The molecule has 108 valence electrons. The SMILES string of the molecule is O=[N+]([O-])c1ccc(N2CCCC3CCCC32)cc1CCl. The van der Waals surface area contributed by atoms with Gasteiger partial charge in [-0.05, 0) is 43.7 Å². The summed E-state index contributed by atoms with van der Waals surface area (Å²) in [5, 5.41) is 11.0. The Balaban J connectivity index is 1.91. The van der Waals surface area contributed by atoms with Crippen LogP contribution in [0.4, 0.5) is 11.4 Å². The first-order chi connectivity index (χ1) is 9.70. The van der Waals surface area contributed by atoms with Gasteiger partial charge in [0, 0.05) is 29.9 Å². The molecule has 0 amide bonds. The van der Waals surface area contributed by atoms with Gasteiger partial charge in [0.1, 0.15) is 0 Å². The molecular formula is C15H19ClN2O2. The summed E-state index contributed by atoms with van der Waals surface area (Å²) in [6, 6.07) is 6.01. The lowest BCUT2D eigenvalue weighted by atomic mass is 9.91. The van der Waals surface area contributed by atoms with Crippen LogP contribution in [0.25, 0.3) is 0 Å². The highest BCUT2D eigenvalue weighted by Crippen LogP contribution is 2.40. The summed E-state index contributed by atoms with van der Waals surface area (Å²) in [5.41, 5.74) is 1.85. The van der Waals surface area contributed by atoms with Crippen molar-refractivity contribution in [3.63, 3.8) is 0 Å². The van der Waals surface area contributed by atoms with Crippen LogP contribution >= 0.6 is 11.6 Å². The molecule has 5 heteroatoms. The minimum atomic E-state index is -0.351. The fourth-order valence-corrected chi connectivity index (χ4v) is 4.02. The maximum atomic E-state index is 11.0. The second-order valence-corrected chi connectivity index (χ2v) is 6.06. The second-order valence-electron chi connectivity index (χ2n) is 5.80. The van der Waals surface area contributed by atoms with Crippen LogP contribution in [0, 0.1) is 16.0 Å². The van der Waals surface area contributed by atoms with Gasteiger partial charge < -0.3 is 4.90 Å². The van der Waals surface area contributed by atoms with Crippen molar-refractivity contribution in [2.24, 2.45) is 5.92 Å². The van der Waals surface area contributed by atoms with E-state index in [0.29, 0.717) is 11.6 Å². The summed E-state index contributed by atoms with van der Waals surface area (Å²) in [4.78, 5) is 13.1. The summed E-state index contributed by atoms with van der Waals surface area (Å²) in [7, 11) is 0. The van der Waals surface area contributed by atoms with Crippen molar-refractivity contribution in [1.82, 2.24) is 0 Å². The van der Waals surface area contributed by atoms with Crippen molar-refractivity contribution in [3.8, 4) is 0 Å². The fourth-order valence-electron chi connectivity index (χ4n) is 3.81. The molecule has 2 atom stereocenters. The zero-order chi connectivity index (χ0) is 14.1. The van der Waals surface area contributed by atoms with Crippen molar-refractivity contribution in [3.05, 3.63) is 33.9 Å². The van der Waals surface area contributed by atoms with E-state index in [9.17, 15) is 10.1 Å². The average molecular weight is 295 g/mol. The maximum absolute atomic E-state index is 11.0. The third-order valence-corrected chi connectivity index (χ3v) is 5.02. The second kappa shape index (κ2) is 5.60. The number of hydrogen-bond donors (Lipinski definition) is 0. The molecule has 2 fully saturated rings. The minimum absolute atomic E-state index is 0.128. The van der Waals surface area contributed by atoms with Gasteiger partial charge in [0.05, 0.1) is 10.8 Å². The third-order valence-electron chi connectivity index (χ3n) is 4.73. The number of nitro benzene ring substituents is 1. The standard InChI is InChI=1S/C15H19ClN2O2/c16-10-12-9-13(6-7-15(12)18(19)20)17-8-2-4-11-3-1-5-14(11)17/h6-7,9,11,14H,1-5,8,10H2. The van der Waals surface area contributed by atoms with Crippen molar-refractivity contribution in [1.29, 1.82) is 0 Å². The Morgan fingerprint density at radius 2 is 2.10 bits per heavy atom. The van der Waals surface area contributed by atoms with Crippen LogP contribution in [0.15, 0.2) is 18.2 Å². The molecule has 1 heterocycles. The van der Waals surface area contributed by atoms with E-state index in [2.05, 4.69) is 4.90 Å². The number of fused-ring (bicyclic) bond motifs is 1. The van der Waals surface area contributed by atoms with E-state index in [1.807, 2.05) is 12.1 Å². The molecule has 20 heavy (non-hydrogen) atoms. The number of halogens is 1. The number of piperidine rings is 1. The minimum Gasteiger partial charge on any atom is -0.368 e. The smallest absolute Gasteiger partial charge is 0.273 e. The van der Waals surface area contributed by atoms with Crippen LogP contribution in [0.2, 0.25) is 0 Å². The van der Waals surface area contributed by atoms with E-state index in [1.165, 1.54) is 32.1 Å². The number of anilines is 1. The predicted molar refractivity (Wildman–Crippen MR) is 80.4 cm³/mol. The van der Waals surface area contributed by atoms with Crippen LogP contribution in [-0.4, -0.2) is 17.5 Å². The molecule has 1 aromatic carbocycles. The van der Waals surface area contributed by atoms with Gasteiger partial charge in [-0.25, -0.2) is 0 Å². The molecule has 1 saturated heterocycles. The van der Waals surface area contributed by atoms with E-state index < -0.39 is 0 Å². The molecule has 0 N–H and O–H groups in total. The van der Waals surface area contributed by atoms with E-state index in [4.69, 9.17) is 11.6 Å². The van der Waals surface area contributed by atoms with E-state index in [-0.39, 0.29) is 16.5 Å². The van der Waals surface area contributed by atoms with Crippen LogP contribution < -0.4 is 4.90 Å². The van der Waals surface area contributed by atoms with Gasteiger partial charge in [-0.1, -0.05) is 6.42 Å². The lowest BCUT2D eigenvalue weighted by molar-refractivity contribution is -0.385. The number of nitro groups is 1. The summed E-state index contributed by atoms with van der Waals surface area (Å²) < 4.78 is 0. The van der Waals surface area contributed by atoms with E-state index in [0.717, 1.165) is 18.2 Å². The fraction of sp³-hybridized carbons (Fsp3) is 0.600. The summed E-state index contributed by atoms with van der Waals surface area (Å²) in [6.07, 6.45) is 6.43. The van der Waals surface area contributed by atoms with Gasteiger partial charge in [0.25, 0.3) is 5.69 Å². The molecule has 1 saturated carbocycles. The van der Waals surface area contributed by atoms with Crippen molar-refractivity contribution in [2.45, 2.75) is 44.0 Å². The number of rotatable bonds is 3. The molecule has 4 nitrogen and oxygen atoms in total. The highest BCUT2D eigenvalue weighted by Gasteiger charge is 2.35. The Hall–Kier alpha value is -1.29. The van der Waals surface area contributed by atoms with Crippen LogP contribution in [0.1, 0.15) is 37.7 Å². The lowest BCUT2D eigenvalue weighted by Crippen LogP contribution is -2.42. The van der Waals surface area contributed by atoms with Crippen LogP contribution in [0.5, 0.6) is 0 Å². The first-order valence-corrected chi connectivity index (χ1v) is 7.84. The van der Waals surface area contributed by atoms with Gasteiger partial charge in [-0.2, -0.15) is 0 Å². The zero-order valence-corrected chi connectivity index (χ0v) is 12.2. The third kappa shape index (κ3) is 2.37. The molecule has 0 bridgehead atoms. The number of nitrogens with zero attached hydrogens (tertiary/aromatic N) is 2. The topological polar surface area (TPSA) is 46.4 Å². The van der Waals surface area contributed by atoms with Gasteiger partial charge in [0.15, 0.2) is 0 Å². The normalized spacial score (nSPS) is 25.6. The molecule has 1 aliphatic heterocycles. The van der Waals surface area contributed by atoms with Crippen LogP contribution in [-0.2, 0) is 5.88 Å². The highest BCUT2D eigenvalue weighted by atomic mass is 35.5. The molecule has 3 rings (SSSR count). The van der Waals surface area contributed by atoms with Gasteiger partial charge in [0.2, 0.25) is 0 Å². The molecule has 2 aliphatic rings. The Labute approximate surface area is 123 Å². The van der Waals surface area contributed by atoms with Crippen molar-refractivity contribution >= 4 is 23.0 Å². The lowest BCUT2D eigenvalue weighted by Gasteiger charge is -2.39. The molecule has 1 aliphatic carbocycles. The van der Waals surface area contributed by atoms with Crippen LogP contribution in [0.3, 0.4) is 0 Å².